The van der Waals surface area contributed by atoms with Gasteiger partial charge < -0.3 is 14.8 Å². The minimum absolute atomic E-state index is 0.223. The topological polar surface area (TPSA) is 106 Å². The van der Waals surface area contributed by atoms with Crippen molar-refractivity contribution >= 4 is 52.4 Å². The lowest BCUT2D eigenvalue weighted by Crippen LogP contribution is -2.32. The number of hydrogen-bond donors (Lipinski definition) is 2. The van der Waals surface area contributed by atoms with Gasteiger partial charge in [0.2, 0.25) is 0 Å². The second-order valence-corrected chi connectivity index (χ2v) is 8.16. The molecule has 0 aliphatic heterocycles. The highest BCUT2D eigenvalue weighted by Crippen LogP contribution is 2.29. The fraction of sp³-hybridized carbons (Fsp3) is 0.120. The number of ether oxygens (including phenoxy) is 2. The van der Waals surface area contributed by atoms with Crippen LogP contribution in [0.5, 0.6) is 11.5 Å². The quantitative estimate of drug-likeness (QED) is 0.158. The molecule has 3 aromatic carbocycles. The normalized spacial score (nSPS) is 10.9. The number of hydrogen-bond acceptors (Lipinski definition) is 6. The molecule has 0 radical (unpaired) electrons. The zero-order chi connectivity index (χ0) is 25.5. The first-order valence-electron chi connectivity index (χ1n) is 10.3. The van der Waals surface area contributed by atoms with Crippen LogP contribution >= 0.6 is 23.2 Å². The lowest BCUT2D eigenvalue weighted by Gasteiger charge is -2.11. The zero-order valence-corrected chi connectivity index (χ0v) is 20.5. The molecule has 2 N–H and O–H groups in total. The Morgan fingerprint density at radius 1 is 0.857 bits per heavy atom. The van der Waals surface area contributed by atoms with E-state index < -0.39 is 17.8 Å². The molecule has 0 saturated carbocycles. The molecule has 3 aromatic rings. The third-order valence-corrected chi connectivity index (χ3v) is 5.49. The van der Waals surface area contributed by atoms with Gasteiger partial charge in [-0.05, 0) is 62.4 Å². The van der Waals surface area contributed by atoms with Gasteiger partial charge in [-0.1, -0.05) is 40.9 Å². The van der Waals surface area contributed by atoms with Crippen LogP contribution in [0.4, 0.5) is 5.69 Å². The molecule has 0 spiro atoms. The average molecular weight is 514 g/mol. The van der Waals surface area contributed by atoms with Crippen molar-refractivity contribution in [2.75, 3.05) is 12.4 Å². The van der Waals surface area contributed by atoms with Gasteiger partial charge in [0.25, 0.3) is 0 Å². The summed E-state index contributed by atoms with van der Waals surface area (Å²) < 4.78 is 10.8. The predicted molar refractivity (Wildman–Crippen MR) is 135 cm³/mol. The number of carbonyl (C=O) groups is 3. The van der Waals surface area contributed by atoms with Crippen LogP contribution in [-0.2, 0) is 9.59 Å². The Balaban J connectivity index is 1.66. The van der Waals surface area contributed by atoms with Gasteiger partial charge in [-0.25, -0.2) is 10.2 Å². The number of methoxy groups -OCH3 is 1. The number of carbonyl (C=O) groups excluding carboxylic acids is 3. The molecule has 0 aromatic heterocycles. The van der Waals surface area contributed by atoms with E-state index >= 15 is 0 Å². The van der Waals surface area contributed by atoms with E-state index in [1.165, 1.54) is 25.3 Å². The maximum atomic E-state index is 12.5. The fourth-order valence-corrected chi connectivity index (χ4v) is 3.22. The lowest BCUT2D eigenvalue weighted by molar-refractivity contribution is -0.136. The number of benzene rings is 3. The summed E-state index contributed by atoms with van der Waals surface area (Å²) in [7, 11) is 1.44. The van der Waals surface area contributed by atoms with E-state index in [4.69, 9.17) is 32.7 Å². The smallest absolute Gasteiger partial charge is 0.343 e. The molecule has 0 saturated heterocycles. The number of rotatable bonds is 6. The molecular formula is C25H21Cl2N3O5. The minimum Gasteiger partial charge on any atom is -0.493 e. The Labute approximate surface area is 211 Å². The highest BCUT2D eigenvalue weighted by Gasteiger charge is 2.16. The molecule has 180 valence electrons. The molecule has 3 rings (SSSR count). The van der Waals surface area contributed by atoms with Crippen molar-refractivity contribution < 1.29 is 23.9 Å². The first kappa shape index (κ1) is 25.7. The summed E-state index contributed by atoms with van der Waals surface area (Å²) in [5.41, 5.74) is 4.80. The van der Waals surface area contributed by atoms with E-state index in [0.29, 0.717) is 33.3 Å². The summed E-state index contributed by atoms with van der Waals surface area (Å²) >= 11 is 11.7. The van der Waals surface area contributed by atoms with Crippen molar-refractivity contribution in [3.8, 4) is 11.5 Å². The van der Waals surface area contributed by atoms with Crippen molar-refractivity contribution in [2.24, 2.45) is 5.10 Å². The standard InChI is InChI=1S/C25H21Cl2N3O5/c1-14-5-4-6-17(11-14)25(33)35-21-10-7-16(12-22(21)34-3)15(2)29-30-24(32)23(31)28-18-8-9-19(26)20(27)13-18/h4-13H,1-3H3,(H,28,31)(H,30,32)/b29-15+. The van der Waals surface area contributed by atoms with Crippen molar-refractivity contribution in [1.29, 1.82) is 0 Å². The second-order valence-electron chi connectivity index (χ2n) is 7.35. The summed E-state index contributed by atoms with van der Waals surface area (Å²) in [5.74, 6) is -1.92. The van der Waals surface area contributed by atoms with Crippen LogP contribution in [0.3, 0.4) is 0 Å². The summed E-state index contributed by atoms with van der Waals surface area (Å²) in [6.07, 6.45) is 0. The van der Waals surface area contributed by atoms with Gasteiger partial charge in [-0.15, -0.1) is 0 Å². The van der Waals surface area contributed by atoms with Crippen molar-refractivity contribution in [3.05, 3.63) is 87.4 Å². The molecule has 10 heteroatoms. The van der Waals surface area contributed by atoms with Crippen LogP contribution in [0.15, 0.2) is 65.8 Å². The maximum absolute atomic E-state index is 12.5. The molecular weight excluding hydrogens is 493 g/mol. The third-order valence-electron chi connectivity index (χ3n) is 4.75. The van der Waals surface area contributed by atoms with Crippen LogP contribution < -0.4 is 20.2 Å². The van der Waals surface area contributed by atoms with E-state index in [1.807, 2.05) is 13.0 Å². The van der Waals surface area contributed by atoms with Gasteiger partial charge in [0.1, 0.15) is 0 Å². The number of nitrogens with zero attached hydrogens (tertiary/aromatic N) is 1. The number of halogens is 2. The average Bonchev–Trinajstić information content (AvgIpc) is 2.84. The number of esters is 1. The fourth-order valence-electron chi connectivity index (χ4n) is 2.92. The van der Waals surface area contributed by atoms with Gasteiger partial charge >= 0.3 is 17.8 Å². The summed E-state index contributed by atoms with van der Waals surface area (Å²) in [6, 6.07) is 16.2. The van der Waals surface area contributed by atoms with Crippen LogP contribution in [0, 0.1) is 6.92 Å². The second kappa shape index (κ2) is 11.5. The molecule has 0 atom stereocenters. The van der Waals surface area contributed by atoms with Crippen LogP contribution in [0.25, 0.3) is 0 Å². The first-order chi connectivity index (χ1) is 16.7. The molecule has 0 aliphatic rings. The maximum Gasteiger partial charge on any atom is 0.343 e. The summed E-state index contributed by atoms with van der Waals surface area (Å²) in [5, 5.41) is 6.92. The molecule has 35 heavy (non-hydrogen) atoms. The van der Waals surface area contributed by atoms with Crippen LogP contribution in [0.2, 0.25) is 10.0 Å². The lowest BCUT2D eigenvalue weighted by atomic mass is 10.1. The van der Waals surface area contributed by atoms with Gasteiger partial charge in [0.05, 0.1) is 28.4 Å². The Morgan fingerprint density at radius 2 is 1.63 bits per heavy atom. The van der Waals surface area contributed by atoms with Gasteiger partial charge in [-0.3, -0.25) is 9.59 Å². The molecule has 0 aliphatic carbocycles. The SMILES string of the molecule is COc1cc(/C(C)=N/NC(=O)C(=O)Nc2ccc(Cl)c(Cl)c2)ccc1OC(=O)c1cccc(C)c1. The molecule has 2 amide bonds. The van der Waals surface area contributed by atoms with Crippen LogP contribution in [0.1, 0.15) is 28.4 Å². The van der Waals surface area contributed by atoms with E-state index in [-0.39, 0.29) is 10.8 Å². The minimum atomic E-state index is -0.980. The Kier molecular flexibility index (Phi) is 8.46. The Bertz CT molecular complexity index is 1320. The number of nitrogens with one attached hydrogen (secondary N) is 2. The van der Waals surface area contributed by atoms with Gasteiger partial charge in [0, 0.05) is 11.3 Å². The molecule has 0 unspecified atom stereocenters. The monoisotopic (exact) mass is 513 g/mol. The van der Waals surface area contributed by atoms with Crippen LogP contribution in [-0.4, -0.2) is 30.6 Å². The molecule has 0 bridgehead atoms. The number of anilines is 1. The zero-order valence-electron chi connectivity index (χ0n) is 19.0. The van der Waals surface area contributed by atoms with Gasteiger partial charge in [-0.2, -0.15) is 5.10 Å². The predicted octanol–water partition coefficient (Wildman–Crippen LogP) is 5.01. The van der Waals surface area contributed by atoms with Gasteiger partial charge in [0.15, 0.2) is 11.5 Å². The van der Waals surface area contributed by atoms with Crippen molar-refractivity contribution in [1.82, 2.24) is 5.43 Å². The molecule has 8 nitrogen and oxygen atoms in total. The highest BCUT2D eigenvalue weighted by atomic mass is 35.5. The number of amides is 2. The largest absolute Gasteiger partial charge is 0.493 e. The Morgan fingerprint density at radius 3 is 2.31 bits per heavy atom. The highest BCUT2D eigenvalue weighted by molar-refractivity contribution is 6.43. The summed E-state index contributed by atoms with van der Waals surface area (Å²) in [4.78, 5) is 36.7. The summed E-state index contributed by atoms with van der Waals surface area (Å²) in [6.45, 7) is 3.51. The number of aryl methyl sites for hydroxylation is 1. The van der Waals surface area contributed by atoms with E-state index in [1.54, 1.807) is 43.3 Å². The third kappa shape index (κ3) is 6.81. The van der Waals surface area contributed by atoms with E-state index in [0.717, 1.165) is 5.56 Å². The molecule has 0 heterocycles. The van der Waals surface area contributed by atoms with Crippen molar-refractivity contribution in [2.45, 2.75) is 13.8 Å². The van der Waals surface area contributed by atoms with Crippen molar-refractivity contribution in [3.63, 3.8) is 0 Å². The molecule has 0 fully saturated rings. The van der Waals surface area contributed by atoms with E-state index in [2.05, 4.69) is 15.8 Å². The first-order valence-corrected chi connectivity index (χ1v) is 11.0. The van der Waals surface area contributed by atoms with E-state index in [9.17, 15) is 14.4 Å². The number of hydrazone groups is 1. The Hall–Kier alpha value is -3.88.